The van der Waals surface area contributed by atoms with Crippen molar-refractivity contribution in [2.45, 2.75) is 6.92 Å². The molecule has 0 spiro atoms. The Bertz CT molecular complexity index is 445. The van der Waals surface area contributed by atoms with Gasteiger partial charge in [0.15, 0.2) is 5.75 Å². The molecule has 0 amide bonds. The van der Waals surface area contributed by atoms with E-state index < -0.39 is 4.92 Å². The molecule has 0 unspecified atom stereocenters. The van der Waals surface area contributed by atoms with E-state index in [1.54, 1.807) is 6.92 Å². The lowest BCUT2D eigenvalue weighted by Crippen LogP contribution is -2.01. The number of rotatable bonds is 5. The van der Waals surface area contributed by atoms with Gasteiger partial charge in [-0.2, -0.15) is 0 Å². The highest BCUT2D eigenvalue weighted by Crippen LogP contribution is 2.37. The summed E-state index contributed by atoms with van der Waals surface area (Å²) in [5.41, 5.74) is 0.108. The molecule has 17 heavy (non-hydrogen) atoms. The zero-order valence-corrected chi connectivity index (χ0v) is 9.41. The van der Waals surface area contributed by atoms with Gasteiger partial charge in [0.05, 0.1) is 24.9 Å². The van der Waals surface area contributed by atoms with Crippen LogP contribution in [-0.4, -0.2) is 30.1 Å². The fourth-order valence-electron chi connectivity index (χ4n) is 1.35. The minimum atomic E-state index is -0.587. The largest absolute Gasteiger partial charge is 0.490 e. The van der Waals surface area contributed by atoms with Gasteiger partial charge in [0.2, 0.25) is 5.75 Å². The average Bonchev–Trinajstić information content (AvgIpc) is 2.29. The van der Waals surface area contributed by atoms with Crippen LogP contribution in [0.25, 0.3) is 0 Å². The Morgan fingerprint density at radius 1 is 1.59 bits per heavy atom. The van der Waals surface area contributed by atoms with Crippen LogP contribution < -0.4 is 9.47 Å². The second-order valence-corrected chi connectivity index (χ2v) is 3.01. The number of nitro benzene ring substituents is 1. The number of nitro groups is 1. The molecule has 0 radical (unpaired) electrons. The first-order chi connectivity index (χ1) is 8.13. The van der Waals surface area contributed by atoms with Gasteiger partial charge in [-0.25, -0.2) is 0 Å². The number of oxime groups is 1. The van der Waals surface area contributed by atoms with Gasteiger partial charge in [-0.1, -0.05) is 5.16 Å². The van der Waals surface area contributed by atoms with Crippen molar-refractivity contribution in [2.24, 2.45) is 5.16 Å². The predicted molar refractivity (Wildman–Crippen MR) is 60.2 cm³/mol. The molecule has 0 saturated carbocycles. The van der Waals surface area contributed by atoms with Crippen molar-refractivity contribution in [3.05, 3.63) is 27.8 Å². The number of nitrogens with zero attached hydrogens (tertiary/aromatic N) is 2. The SMILES string of the molecule is CCOc1cc(/C=N\O)cc([N+](=O)[O-])c1OC. The summed E-state index contributed by atoms with van der Waals surface area (Å²) in [5.74, 6) is 0.283. The zero-order chi connectivity index (χ0) is 12.8. The highest BCUT2D eigenvalue weighted by atomic mass is 16.6. The van der Waals surface area contributed by atoms with Crippen LogP contribution in [-0.2, 0) is 0 Å². The maximum atomic E-state index is 10.9. The number of methoxy groups -OCH3 is 1. The fourth-order valence-corrected chi connectivity index (χ4v) is 1.35. The molecule has 0 bridgehead atoms. The Hall–Kier alpha value is -2.31. The second kappa shape index (κ2) is 5.69. The molecule has 0 fully saturated rings. The maximum Gasteiger partial charge on any atom is 0.315 e. The van der Waals surface area contributed by atoms with Gasteiger partial charge in [-0.05, 0) is 13.0 Å². The zero-order valence-electron chi connectivity index (χ0n) is 9.41. The van der Waals surface area contributed by atoms with Crippen LogP contribution in [0, 0.1) is 10.1 Å². The summed E-state index contributed by atoms with van der Waals surface area (Å²) in [7, 11) is 1.32. The van der Waals surface area contributed by atoms with E-state index in [2.05, 4.69) is 5.16 Å². The Morgan fingerprint density at radius 2 is 2.29 bits per heavy atom. The fraction of sp³-hybridized carbons (Fsp3) is 0.300. The number of hydrogen-bond acceptors (Lipinski definition) is 6. The molecule has 0 heterocycles. The van der Waals surface area contributed by atoms with Crippen molar-refractivity contribution < 1.29 is 19.6 Å². The van der Waals surface area contributed by atoms with E-state index in [0.717, 1.165) is 6.21 Å². The van der Waals surface area contributed by atoms with E-state index in [-0.39, 0.29) is 17.2 Å². The summed E-state index contributed by atoms with van der Waals surface area (Å²) >= 11 is 0. The van der Waals surface area contributed by atoms with Gasteiger partial charge in [-0.15, -0.1) is 0 Å². The molecular formula is C10H12N2O5. The topological polar surface area (TPSA) is 94.2 Å². The molecule has 0 aromatic heterocycles. The molecule has 1 aromatic carbocycles. The van der Waals surface area contributed by atoms with Crippen LogP contribution in [0.1, 0.15) is 12.5 Å². The first-order valence-corrected chi connectivity index (χ1v) is 4.80. The van der Waals surface area contributed by atoms with Gasteiger partial charge in [0, 0.05) is 11.6 Å². The van der Waals surface area contributed by atoms with E-state index in [1.165, 1.54) is 19.2 Å². The van der Waals surface area contributed by atoms with Crippen molar-refractivity contribution in [3.63, 3.8) is 0 Å². The third kappa shape index (κ3) is 2.83. The second-order valence-electron chi connectivity index (χ2n) is 3.01. The maximum absolute atomic E-state index is 10.9. The lowest BCUT2D eigenvalue weighted by Gasteiger charge is -2.10. The van der Waals surface area contributed by atoms with Crippen molar-refractivity contribution in [3.8, 4) is 11.5 Å². The van der Waals surface area contributed by atoms with E-state index in [9.17, 15) is 10.1 Å². The third-order valence-electron chi connectivity index (χ3n) is 1.97. The van der Waals surface area contributed by atoms with Crippen LogP contribution >= 0.6 is 0 Å². The normalized spacial score (nSPS) is 10.5. The van der Waals surface area contributed by atoms with Crippen molar-refractivity contribution in [1.82, 2.24) is 0 Å². The smallest absolute Gasteiger partial charge is 0.315 e. The Balaban J connectivity index is 3.39. The monoisotopic (exact) mass is 240 g/mol. The Labute approximate surface area is 97.4 Å². The van der Waals surface area contributed by atoms with Crippen molar-refractivity contribution in [1.29, 1.82) is 0 Å². The highest BCUT2D eigenvalue weighted by molar-refractivity contribution is 5.82. The summed E-state index contributed by atoms with van der Waals surface area (Å²) in [4.78, 5) is 10.3. The predicted octanol–water partition coefficient (Wildman–Crippen LogP) is 1.81. The molecule has 1 N–H and O–H groups in total. The van der Waals surface area contributed by atoms with Crippen LogP contribution in [0.2, 0.25) is 0 Å². The third-order valence-corrected chi connectivity index (χ3v) is 1.97. The van der Waals surface area contributed by atoms with Crippen LogP contribution in [0.15, 0.2) is 17.3 Å². The standard InChI is InChI=1S/C10H12N2O5/c1-3-17-9-5-7(6-11-13)4-8(12(14)15)10(9)16-2/h4-6,13H,3H2,1-2H3/b11-6-. The summed E-state index contributed by atoms with van der Waals surface area (Å²) in [6.07, 6.45) is 1.08. The quantitative estimate of drug-likeness (QED) is 0.366. The first-order valence-electron chi connectivity index (χ1n) is 4.80. The van der Waals surface area contributed by atoms with E-state index in [0.29, 0.717) is 12.2 Å². The first kappa shape index (κ1) is 12.8. The van der Waals surface area contributed by atoms with Crippen molar-refractivity contribution >= 4 is 11.9 Å². The Morgan fingerprint density at radius 3 is 2.76 bits per heavy atom. The van der Waals surface area contributed by atoms with Crippen LogP contribution in [0.3, 0.4) is 0 Å². The molecule has 0 saturated heterocycles. The molecular weight excluding hydrogens is 228 g/mol. The number of ether oxygens (including phenoxy) is 2. The van der Waals surface area contributed by atoms with Crippen LogP contribution in [0.4, 0.5) is 5.69 Å². The lowest BCUT2D eigenvalue weighted by molar-refractivity contribution is -0.385. The molecule has 7 nitrogen and oxygen atoms in total. The van der Waals surface area contributed by atoms with Gasteiger partial charge in [-0.3, -0.25) is 10.1 Å². The molecule has 1 rings (SSSR count). The molecule has 0 aliphatic carbocycles. The summed E-state index contributed by atoms with van der Waals surface area (Å²) < 4.78 is 10.2. The average molecular weight is 240 g/mol. The minimum Gasteiger partial charge on any atom is -0.490 e. The summed E-state index contributed by atoms with van der Waals surface area (Å²) in [5, 5.41) is 22.1. The van der Waals surface area contributed by atoms with E-state index in [1.807, 2.05) is 0 Å². The molecule has 0 aliphatic rings. The van der Waals surface area contributed by atoms with E-state index in [4.69, 9.17) is 14.7 Å². The van der Waals surface area contributed by atoms with E-state index >= 15 is 0 Å². The summed E-state index contributed by atoms with van der Waals surface area (Å²) in [6, 6.07) is 2.73. The Kier molecular flexibility index (Phi) is 4.27. The van der Waals surface area contributed by atoms with Crippen LogP contribution in [0.5, 0.6) is 11.5 Å². The molecule has 0 aliphatic heterocycles. The van der Waals surface area contributed by atoms with Gasteiger partial charge < -0.3 is 14.7 Å². The van der Waals surface area contributed by atoms with Gasteiger partial charge in [0.1, 0.15) is 0 Å². The highest BCUT2D eigenvalue weighted by Gasteiger charge is 2.21. The number of benzene rings is 1. The number of hydrogen-bond donors (Lipinski definition) is 1. The van der Waals surface area contributed by atoms with Gasteiger partial charge in [0.25, 0.3) is 0 Å². The van der Waals surface area contributed by atoms with Gasteiger partial charge >= 0.3 is 5.69 Å². The molecule has 92 valence electrons. The molecule has 1 aromatic rings. The molecule has 7 heteroatoms. The lowest BCUT2D eigenvalue weighted by atomic mass is 10.2. The molecule has 0 atom stereocenters. The van der Waals surface area contributed by atoms with Crippen molar-refractivity contribution in [2.75, 3.05) is 13.7 Å². The summed E-state index contributed by atoms with van der Waals surface area (Å²) in [6.45, 7) is 2.09. The minimum absolute atomic E-state index is 0.0481.